The number of pyridine rings is 1. The minimum atomic E-state index is -3.64. The van der Waals surface area contributed by atoms with Crippen LogP contribution in [0.5, 0.6) is 0 Å². The predicted octanol–water partition coefficient (Wildman–Crippen LogP) is 1.65. The third-order valence-electron chi connectivity index (χ3n) is 4.53. The fraction of sp³-hybridized carbons (Fsp3) is 0.412. The minimum Gasteiger partial charge on any atom is -0.340 e. The molecule has 0 radical (unpaired) electrons. The molecule has 10 heteroatoms. The highest BCUT2D eigenvalue weighted by Gasteiger charge is 2.33. The van der Waals surface area contributed by atoms with Crippen LogP contribution < -0.4 is 5.73 Å². The van der Waals surface area contributed by atoms with Gasteiger partial charge in [-0.05, 0) is 36.9 Å². The second-order valence-corrected chi connectivity index (χ2v) is 8.14. The number of hydrogen-bond acceptors (Lipinski definition) is 5. The van der Waals surface area contributed by atoms with Gasteiger partial charge in [0.1, 0.15) is 0 Å². The summed E-state index contributed by atoms with van der Waals surface area (Å²) in [5.41, 5.74) is 5.44. The molecule has 0 aliphatic carbocycles. The Kier molecular flexibility index (Phi) is 8.44. The van der Waals surface area contributed by atoms with Crippen molar-refractivity contribution in [3.8, 4) is 0 Å². The van der Waals surface area contributed by atoms with Crippen LogP contribution in [0.4, 0.5) is 0 Å². The second kappa shape index (κ2) is 9.66. The van der Waals surface area contributed by atoms with Crippen LogP contribution in [0.2, 0.25) is 0 Å². The van der Waals surface area contributed by atoms with E-state index in [2.05, 4.69) is 4.98 Å². The molecule has 1 aromatic heterocycles. The van der Waals surface area contributed by atoms with Crippen molar-refractivity contribution in [1.82, 2.24) is 14.2 Å². The van der Waals surface area contributed by atoms with Gasteiger partial charge in [-0.25, -0.2) is 8.42 Å². The number of fused-ring (bicyclic) bond motifs is 1. The van der Waals surface area contributed by atoms with Crippen molar-refractivity contribution in [2.45, 2.75) is 24.3 Å². The van der Waals surface area contributed by atoms with Gasteiger partial charge in [-0.15, -0.1) is 24.8 Å². The quantitative estimate of drug-likeness (QED) is 0.791. The summed E-state index contributed by atoms with van der Waals surface area (Å²) in [4.78, 5) is 17.8. The van der Waals surface area contributed by atoms with Crippen molar-refractivity contribution in [2.24, 2.45) is 5.73 Å². The summed E-state index contributed by atoms with van der Waals surface area (Å²) in [6, 6.07) is 6.53. The normalized spacial score (nSPS) is 18.3. The molecule has 1 aliphatic rings. The largest absolute Gasteiger partial charge is 0.340 e. The Morgan fingerprint density at radius 2 is 1.96 bits per heavy atom. The highest BCUT2D eigenvalue weighted by molar-refractivity contribution is 7.89. The van der Waals surface area contributed by atoms with Crippen molar-refractivity contribution < 1.29 is 13.2 Å². The van der Waals surface area contributed by atoms with E-state index in [4.69, 9.17) is 5.73 Å². The van der Waals surface area contributed by atoms with Crippen molar-refractivity contribution in [2.75, 3.05) is 26.2 Å². The van der Waals surface area contributed by atoms with Crippen LogP contribution in [0.15, 0.2) is 41.6 Å². The molecule has 1 saturated heterocycles. The molecule has 150 valence electrons. The number of nitrogens with two attached hydrogens (primary N) is 1. The van der Waals surface area contributed by atoms with Gasteiger partial charge in [0, 0.05) is 43.5 Å². The number of rotatable bonds is 3. The lowest BCUT2D eigenvalue weighted by molar-refractivity contribution is -0.129. The van der Waals surface area contributed by atoms with Gasteiger partial charge in [0.2, 0.25) is 15.9 Å². The Balaban J connectivity index is 0.00000182. The van der Waals surface area contributed by atoms with Gasteiger partial charge in [-0.3, -0.25) is 9.78 Å². The van der Waals surface area contributed by atoms with Gasteiger partial charge >= 0.3 is 0 Å². The van der Waals surface area contributed by atoms with E-state index >= 15 is 0 Å². The van der Waals surface area contributed by atoms with E-state index < -0.39 is 10.0 Å². The van der Waals surface area contributed by atoms with Crippen LogP contribution in [0.1, 0.15) is 13.3 Å². The van der Waals surface area contributed by atoms with Crippen LogP contribution in [-0.4, -0.2) is 60.7 Å². The molecule has 2 aromatic rings. The maximum atomic E-state index is 13.1. The van der Waals surface area contributed by atoms with Gasteiger partial charge in [-0.2, -0.15) is 4.31 Å². The first-order valence-corrected chi connectivity index (χ1v) is 9.71. The summed E-state index contributed by atoms with van der Waals surface area (Å²) in [6.45, 7) is 3.03. The molecule has 2 heterocycles. The Bertz CT molecular complexity index is 895. The first-order valence-electron chi connectivity index (χ1n) is 8.27. The topological polar surface area (TPSA) is 96.6 Å². The van der Waals surface area contributed by atoms with Crippen molar-refractivity contribution in [3.05, 3.63) is 36.7 Å². The number of carbonyl (C=O) groups is 1. The van der Waals surface area contributed by atoms with Crippen LogP contribution in [0.25, 0.3) is 10.8 Å². The number of benzene rings is 1. The van der Waals surface area contributed by atoms with Crippen LogP contribution in [-0.2, 0) is 14.8 Å². The molecule has 1 aliphatic heterocycles. The van der Waals surface area contributed by atoms with Crippen LogP contribution in [0.3, 0.4) is 0 Å². The smallest absolute Gasteiger partial charge is 0.243 e. The van der Waals surface area contributed by atoms with Crippen molar-refractivity contribution >= 4 is 51.5 Å². The molecule has 1 amide bonds. The third-order valence-corrected chi connectivity index (χ3v) is 6.54. The van der Waals surface area contributed by atoms with Crippen LogP contribution >= 0.6 is 24.8 Å². The molecule has 3 rings (SSSR count). The monoisotopic (exact) mass is 434 g/mol. The predicted molar refractivity (Wildman–Crippen MR) is 110 cm³/mol. The van der Waals surface area contributed by atoms with E-state index in [1.165, 1.54) is 4.31 Å². The zero-order valence-corrected chi connectivity index (χ0v) is 17.4. The molecule has 27 heavy (non-hydrogen) atoms. The number of halogens is 2. The molecule has 1 atom stereocenters. The molecular weight excluding hydrogens is 411 g/mol. The molecule has 1 fully saturated rings. The fourth-order valence-electron chi connectivity index (χ4n) is 3.21. The van der Waals surface area contributed by atoms with Crippen molar-refractivity contribution in [3.63, 3.8) is 0 Å². The number of aromatic nitrogens is 1. The van der Waals surface area contributed by atoms with E-state index in [1.54, 1.807) is 41.6 Å². The summed E-state index contributed by atoms with van der Waals surface area (Å²) in [7, 11) is -3.64. The lowest BCUT2D eigenvalue weighted by atomic mass is 10.2. The van der Waals surface area contributed by atoms with E-state index in [0.717, 1.165) is 10.8 Å². The summed E-state index contributed by atoms with van der Waals surface area (Å²) in [6.07, 6.45) is 3.94. The molecule has 1 aromatic carbocycles. The maximum Gasteiger partial charge on any atom is 0.243 e. The second-order valence-electron chi connectivity index (χ2n) is 6.25. The first kappa shape index (κ1) is 23.6. The van der Waals surface area contributed by atoms with Crippen molar-refractivity contribution in [1.29, 1.82) is 0 Å². The average molecular weight is 435 g/mol. The van der Waals surface area contributed by atoms with E-state index in [1.807, 2.05) is 6.92 Å². The van der Waals surface area contributed by atoms with Gasteiger partial charge in [0.25, 0.3) is 0 Å². The van der Waals surface area contributed by atoms with Gasteiger partial charge in [-0.1, -0.05) is 6.07 Å². The summed E-state index contributed by atoms with van der Waals surface area (Å²) >= 11 is 0. The lowest BCUT2D eigenvalue weighted by Gasteiger charge is -2.28. The molecule has 0 saturated carbocycles. The molecule has 0 bridgehead atoms. The zero-order valence-electron chi connectivity index (χ0n) is 14.9. The summed E-state index contributed by atoms with van der Waals surface area (Å²) < 4.78 is 27.7. The lowest BCUT2D eigenvalue weighted by Crippen LogP contribution is -2.45. The zero-order chi connectivity index (χ0) is 18.0. The Labute approximate surface area is 171 Å². The van der Waals surface area contributed by atoms with Crippen LogP contribution in [0, 0.1) is 0 Å². The summed E-state index contributed by atoms with van der Waals surface area (Å²) in [5, 5.41) is 1.73. The first-order chi connectivity index (χ1) is 11.9. The Morgan fingerprint density at radius 1 is 1.22 bits per heavy atom. The van der Waals surface area contributed by atoms with E-state index in [9.17, 15) is 13.2 Å². The highest BCUT2D eigenvalue weighted by atomic mass is 35.5. The Hall–Kier alpha value is -1.45. The number of nitrogens with zero attached hydrogens (tertiary/aromatic N) is 3. The summed E-state index contributed by atoms with van der Waals surface area (Å²) in [5.74, 6) is -0.149. The van der Waals surface area contributed by atoms with Gasteiger partial charge < -0.3 is 10.6 Å². The number of sulfonamides is 1. The SMILES string of the molecule is C[C@H]1CN(C(=O)CN)CCCN1S(=O)(=O)c1ccc2cnccc2c1.Cl.Cl. The Morgan fingerprint density at radius 3 is 2.67 bits per heavy atom. The van der Waals surface area contributed by atoms with E-state index in [0.29, 0.717) is 26.1 Å². The third kappa shape index (κ3) is 4.89. The molecule has 0 spiro atoms. The molecular formula is C17H24Cl2N4O3S. The standard InChI is InChI=1S/C17H22N4O3S.2ClH/c1-13-12-20(17(22)10-18)7-2-8-21(13)25(23,24)16-4-3-15-11-19-6-5-14(15)9-16;;/h3-6,9,11,13H,2,7-8,10,12,18H2,1H3;2*1H/t13-;;/m0../s1. The fourth-order valence-corrected chi connectivity index (χ4v) is 4.91. The highest BCUT2D eigenvalue weighted by Crippen LogP contribution is 2.24. The number of carbonyl (C=O) groups excluding carboxylic acids is 1. The number of hydrogen-bond donors (Lipinski definition) is 1. The molecule has 2 N–H and O–H groups in total. The molecule has 0 unspecified atom stereocenters. The van der Waals surface area contributed by atoms with Gasteiger partial charge in [0.05, 0.1) is 11.4 Å². The number of amides is 1. The minimum absolute atomic E-state index is 0. The average Bonchev–Trinajstić information content (AvgIpc) is 2.82. The van der Waals surface area contributed by atoms with E-state index in [-0.39, 0.29) is 48.2 Å². The van der Waals surface area contributed by atoms with Gasteiger partial charge in [0.15, 0.2) is 0 Å². The maximum absolute atomic E-state index is 13.1. The molecule has 7 nitrogen and oxygen atoms in total.